The Kier molecular flexibility index (Phi) is 2.86. The molecule has 0 aromatic heterocycles. The van der Waals surface area contributed by atoms with E-state index < -0.39 is 0 Å². The van der Waals surface area contributed by atoms with Crippen molar-refractivity contribution in [1.82, 2.24) is 0 Å². The molecule has 0 heterocycles. The number of phenols is 1. The van der Waals surface area contributed by atoms with Crippen LogP contribution in [0.15, 0.2) is 12.1 Å². The van der Waals surface area contributed by atoms with Crippen molar-refractivity contribution in [3.63, 3.8) is 0 Å². The van der Waals surface area contributed by atoms with E-state index in [9.17, 15) is 5.11 Å². The molecule has 1 rings (SSSR count). The Balaban J connectivity index is 3.27. The quantitative estimate of drug-likeness (QED) is 0.738. The van der Waals surface area contributed by atoms with Gasteiger partial charge in [-0.1, -0.05) is 43.1 Å². The van der Waals surface area contributed by atoms with Crippen LogP contribution in [0.25, 0.3) is 0 Å². The molecule has 1 aromatic carbocycles. The van der Waals surface area contributed by atoms with E-state index in [1.54, 1.807) is 12.1 Å². The van der Waals surface area contributed by atoms with Crippen LogP contribution >= 0.6 is 23.2 Å². The summed E-state index contributed by atoms with van der Waals surface area (Å²) in [6.45, 7) is 4.04. The summed E-state index contributed by atoms with van der Waals surface area (Å²) >= 11 is 11.6. The standard InChI is InChI=1S/C9H10Cl2O/c1-5(2)6-3-4-7(12)9(11)8(6)10/h3-5,12H,1-2H3. The molecule has 0 bridgehead atoms. The summed E-state index contributed by atoms with van der Waals surface area (Å²) in [6.07, 6.45) is 0. The average molecular weight is 205 g/mol. The molecule has 0 radical (unpaired) electrons. The van der Waals surface area contributed by atoms with Gasteiger partial charge >= 0.3 is 0 Å². The molecule has 0 saturated heterocycles. The van der Waals surface area contributed by atoms with Crippen molar-refractivity contribution in [3.05, 3.63) is 27.7 Å². The number of hydrogen-bond acceptors (Lipinski definition) is 1. The molecule has 1 aromatic rings. The zero-order valence-corrected chi connectivity index (χ0v) is 8.45. The summed E-state index contributed by atoms with van der Waals surface area (Å²) in [5.41, 5.74) is 0.958. The lowest BCUT2D eigenvalue weighted by Gasteiger charge is -2.09. The second kappa shape index (κ2) is 3.55. The molecule has 0 atom stereocenters. The number of benzene rings is 1. The molecular formula is C9H10Cl2O. The Bertz CT molecular complexity index is 295. The van der Waals surface area contributed by atoms with Crippen LogP contribution in [0.4, 0.5) is 0 Å². The topological polar surface area (TPSA) is 20.2 Å². The van der Waals surface area contributed by atoms with Crippen molar-refractivity contribution in [2.24, 2.45) is 0 Å². The van der Waals surface area contributed by atoms with Crippen LogP contribution in [0.1, 0.15) is 25.3 Å². The predicted molar refractivity (Wildman–Crippen MR) is 52.2 cm³/mol. The van der Waals surface area contributed by atoms with Gasteiger partial charge < -0.3 is 5.11 Å². The van der Waals surface area contributed by atoms with Crippen LogP contribution in [0.5, 0.6) is 5.75 Å². The first-order valence-electron chi connectivity index (χ1n) is 3.71. The van der Waals surface area contributed by atoms with Crippen LogP contribution in [0.2, 0.25) is 10.0 Å². The maximum Gasteiger partial charge on any atom is 0.135 e. The molecule has 0 fully saturated rings. The first-order chi connectivity index (χ1) is 5.54. The van der Waals surface area contributed by atoms with Crippen LogP contribution in [-0.2, 0) is 0 Å². The second-order valence-electron chi connectivity index (χ2n) is 2.96. The fraction of sp³-hybridized carbons (Fsp3) is 0.333. The van der Waals surface area contributed by atoms with E-state index in [0.717, 1.165) is 5.56 Å². The molecule has 0 aliphatic carbocycles. The number of hydrogen-bond donors (Lipinski definition) is 1. The normalized spacial score (nSPS) is 10.8. The summed E-state index contributed by atoms with van der Waals surface area (Å²) in [5, 5.41) is 9.88. The highest BCUT2D eigenvalue weighted by molar-refractivity contribution is 6.43. The first kappa shape index (κ1) is 9.69. The summed E-state index contributed by atoms with van der Waals surface area (Å²) in [7, 11) is 0. The third kappa shape index (κ3) is 1.67. The predicted octanol–water partition coefficient (Wildman–Crippen LogP) is 3.82. The monoisotopic (exact) mass is 204 g/mol. The van der Waals surface area contributed by atoms with Gasteiger partial charge in [-0.3, -0.25) is 0 Å². The van der Waals surface area contributed by atoms with Gasteiger partial charge in [-0.2, -0.15) is 0 Å². The smallest absolute Gasteiger partial charge is 0.135 e. The minimum atomic E-state index is 0.0334. The van der Waals surface area contributed by atoms with E-state index in [1.165, 1.54) is 0 Å². The average Bonchev–Trinajstić information content (AvgIpc) is 2.00. The van der Waals surface area contributed by atoms with Gasteiger partial charge in [0, 0.05) is 0 Å². The second-order valence-corrected chi connectivity index (χ2v) is 3.71. The van der Waals surface area contributed by atoms with Gasteiger partial charge in [-0.15, -0.1) is 0 Å². The Morgan fingerprint density at radius 2 is 1.75 bits per heavy atom. The molecule has 0 saturated carbocycles. The van der Waals surface area contributed by atoms with Gasteiger partial charge in [-0.25, -0.2) is 0 Å². The van der Waals surface area contributed by atoms with Gasteiger partial charge in [0.15, 0.2) is 0 Å². The molecule has 0 aliphatic rings. The minimum Gasteiger partial charge on any atom is -0.506 e. The lowest BCUT2D eigenvalue weighted by molar-refractivity contribution is 0.475. The first-order valence-corrected chi connectivity index (χ1v) is 4.46. The minimum absolute atomic E-state index is 0.0334. The van der Waals surface area contributed by atoms with Crippen LogP contribution in [-0.4, -0.2) is 5.11 Å². The maximum absolute atomic E-state index is 9.19. The number of halogens is 2. The van der Waals surface area contributed by atoms with Gasteiger partial charge in [0.1, 0.15) is 10.8 Å². The Morgan fingerprint density at radius 3 is 2.25 bits per heavy atom. The maximum atomic E-state index is 9.19. The van der Waals surface area contributed by atoms with Gasteiger partial charge in [0.05, 0.1) is 5.02 Å². The Morgan fingerprint density at radius 1 is 1.17 bits per heavy atom. The van der Waals surface area contributed by atoms with Crippen molar-refractivity contribution >= 4 is 23.2 Å². The molecule has 66 valence electrons. The zero-order chi connectivity index (χ0) is 9.30. The lowest BCUT2D eigenvalue weighted by Crippen LogP contribution is -1.88. The summed E-state index contributed by atoms with van der Waals surface area (Å²) in [6, 6.07) is 3.34. The highest BCUT2D eigenvalue weighted by Crippen LogP contribution is 2.36. The van der Waals surface area contributed by atoms with Crippen LogP contribution in [0, 0.1) is 0 Å². The fourth-order valence-corrected chi connectivity index (χ4v) is 1.55. The molecule has 3 heteroatoms. The third-order valence-electron chi connectivity index (χ3n) is 1.71. The van der Waals surface area contributed by atoms with Crippen molar-refractivity contribution in [3.8, 4) is 5.75 Å². The van der Waals surface area contributed by atoms with E-state index in [2.05, 4.69) is 0 Å². The van der Waals surface area contributed by atoms with E-state index in [-0.39, 0.29) is 10.8 Å². The van der Waals surface area contributed by atoms with Crippen LogP contribution in [0.3, 0.4) is 0 Å². The molecule has 0 aliphatic heterocycles. The van der Waals surface area contributed by atoms with E-state index in [0.29, 0.717) is 10.9 Å². The zero-order valence-electron chi connectivity index (χ0n) is 6.94. The molecule has 1 nitrogen and oxygen atoms in total. The van der Waals surface area contributed by atoms with E-state index >= 15 is 0 Å². The molecule has 0 unspecified atom stereocenters. The van der Waals surface area contributed by atoms with Gasteiger partial charge in [-0.05, 0) is 17.5 Å². The molecule has 0 spiro atoms. The highest BCUT2D eigenvalue weighted by atomic mass is 35.5. The summed E-state index contributed by atoms with van der Waals surface area (Å²) in [5.74, 6) is 0.349. The van der Waals surface area contributed by atoms with Crippen molar-refractivity contribution < 1.29 is 5.11 Å². The van der Waals surface area contributed by atoms with Gasteiger partial charge in [0.25, 0.3) is 0 Å². The SMILES string of the molecule is CC(C)c1ccc(O)c(Cl)c1Cl. The number of rotatable bonds is 1. The molecule has 1 N–H and O–H groups in total. The van der Waals surface area contributed by atoms with E-state index in [4.69, 9.17) is 23.2 Å². The van der Waals surface area contributed by atoms with Crippen molar-refractivity contribution in [2.45, 2.75) is 19.8 Å². The van der Waals surface area contributed by atoms with Crippen molar-refractivity contribution in [2.75, 3.05) is 0 Å². The fourth-order valence-electron chi connectivity index (χ4n) is 1.00. The Hall–Kier alpha value is -0.400. The number of phenolic OH excluding ortho intramolecular Hbond substituents is 1. The summed E-state index contributed by atoms with van der Waals surface area (Å²) in [4.78, 5) is 0. The van der Waals surface area contributed by atoms with Crippen molar-refractivity contribution in [1.29, 1.82) is 0 Å². The number of aromatic hydroxyl groups is 1. The van der Waals surface area contributed by atoms with E-state index in [1.807, 2.05) is 13.8 Å². The highest BCUT2D eigenvalue weighted by Gasteiger charge is 2.10. The largest absolute Gasteiger partial charge is 0.506 e. The molecule has 12 heavy (non-hydrogen) atoms. The summed E-state index contributed by atoms with van der Waals surface area (Å²) < 4.78 is 0. The molecule has 0 amide bonds. The third-order valence-corrected chi connectivity index (χ3v) is 2.60. The molecular weight excluding hydrogens is 195 g/mol. The van der Waals surface area contributed by atoms with Crippen LogP contribution < -0.4 is 0 Å². The lowest BCUT2D eigenvalue weighted by atomic mass is 10.0. The Labute approximate surface area is 81.9 Å². The van der Waals surface area contributed by atoms with Gasteiger partial charge in [0.2, 0.25) is 0 Å².